The average Bonchev–Trinajstić information content (AvgIpc) is 2.84. The van der Waals surface area contributed by atoms with E-state index >= 15 is 0 Å². The number of hydrogen-bond acceptors (Lipinski definition) is 5. The summed E-state index contributed by atoms with van der Waals surface area (Å²) in [5, 5.41) is 3.07. The summed E-state index contributed by atoms with van der Waals surface area (Å²) in [7, 11) is -2.15. The van der Waals surface area contributed by atoms with Gasteiger partial charge in [-0.25, -0.2) is 0 Å². The first-order valence-electron chi connectivity index (χ1n) is 12.7. The molecule has 1 aromatic carbocycles. The lowest BCUT2D eigenvalue weighted by molar-refractivity contribution is -0.126. The highest BCUT2D eigenvalue weighted by Crippen LogP contribution is 2.27. The van der Waals surface area contributed by atoms with Crippen molar-refractivity contribution in [2.24, 2.45) is 5.92 Å². The van der Waals surface area contributed by atoms with Crippen LogP contribution in [0.5, 0.6) is 5.75 Å². The molecule has 1 N–H and O–H groups in total. The number of piperidine rings is 2. The van der Waals surface area contributed by atoms with E-state index in [1.807, 2.05) is 6.92 Å². The Morgan fingerprint density at radius 3 is 2.41 bits per heavy atom. The first-order chi connectivity index (χ1) is 16.3. The normalized spacial score (nSPS) is 24.5. The van der Waals surface area contributed by atoms with Gasteiger partial charge in [-0.1, -0.05) is 6.42 Å². The molecule has 2 saturated heterocycles. The van der Waals surface area contributed by atoms with Crippen LogP contribution in [0.15, 0.2) is 24.3 Å². The molecule has 0 aromatic heterocycles. The maximum Gasteiger partial charge on any atom is 0.304 e. The summed E-state index contributed by atoms with van der Waals surface area (Å²) in [4.78, 5) is 15.4. The molecule has 0 saturated carbocycles. The zero-order valence-corrected chi connectivity index (χ0v) is 22.0. The largest absolute Gasteiger partial charge is 0.497 e. The molecule has 9 heteroatoms. The van der Waals surface area contributed by atoms with Gasteiger partial charge in [0.25, 0.3) is 0 Å². The van der Waals surface area contributed by atoms with Gasteiger partial charge >= 0.3 is 10.2 Å². The highest BCUT2D eigenvalue weighted by Gasteiger charge is 2.35. The van der Waals surface area contributed by atoms with Crippen LogP contribution in [-0.2, 0) is 15.0 Å². The zero-order valence-electron chi connectivity index (χ0n) is 21.2. The van der Waals surface area contributed by atoms with E-state index in [0.29, 0.717) is 56.0 Å². The van der Waals surface area contributed by atoms with Gasteiger partial charge in [-0.2, -0.15) is 12.7 Å². The Balaban J connectivity index is 1.54. The fourth-order valence-corrected chi connectivity index (χ4v) is 6.99. The molecule has 1 amide bonds. The molecule has 3 atom stereocenters. The van der Waals surface area contributed by atoms with Crippen LogP contribution in [-0.4, -0.2) is 75.4 Å². The molecule has 3 rings (SSSR count). The predicted octanol–water partition coefficient (Wildman–Crippen LogP) is 3.25. The van der Waals surface area contributed by atoms with Crippen LogP contribution in [0, 0.1) is 5.92 Å². The van der Waals surface area contributed by atoms with Crippen molar-refractivity contribution in [1.82, 2.24) is 14.5 Å². The second-order valence-electron chi connectivity index (χ2n) is 9.58. The first-order valence-corrected chi connectivity index (χ1v) is 14.1. The van der Waals surface area contributed by atoms with Gasteiger partial charge in [-0.3, -0.25) is 14.0 Å². The SMILES string of the molecule is CCN(c1ccc(OC)cc1)S(=O)(=O)N1CCC[C@H](C(=O)NCCCN2[C@@H](C)CCC[C@@H]2C)C1. The van der Waals surface area contributed by atoms with Crippen molar-refractivity contribution in [3.05, 3.63) is 24.3 Å². The number of rotatable bonds is 10. The minimum Gasteiger partial charge on any atom is -0.497 e. The molecule has 1 aromatic rings. The van der Waals surface area contributed by atoms with Crippen LogP contribution in [0.2, 0.25) is 0 Å². The van der Waals surface area contributed by atoms with Gasteiger partial charge in [0.2, 0.25) is 5.91 Å². The van der Waals surface area contributed by atoms with E-state index in [1.165, 1.54) is 27.9 Å². The van der Waals surface area contributed by atoms with Gasteiger partial charge in [0, 0.05) is 44.8 Å². The van der Waals surface area contributed by atoms with E-state index in [0.717, 1.165) is 13.0 Å². The number of carbonyl (C=O) groups excluding carboxylic acids is 1. The smallest absolute Gasteiger partial charge is 0.304 e. The Hall–Kier alpha value is -1.84. The van der Waals surface area contributed by atoms with Gasteiger partial charge in [-0.15, -0.1) is 0 Å². The second-order valence-corrected chi connectivity index (χ2v) is 11.4. The van der Waals surface area contributed by atoms with Crippen LogP contribution < -0.4 is 14.4 Å². The minimum atomic E-state index is -3.73. The summed E-state index contributed by atoms with van der Waals surface area (Å²) >= 11 is 0. The lowest BCUT2D eigenvalue weighted by atomic mass is 9.97. The molecule has 2 aliphatic heterocycles. The fourth-order valence-electron chi connectivity index (χ4n) is 5.27. The molecule has 0 spiro atoms. The maximum absolute atomic E-state index is 13.4. The predicted molar refractivity (Wildman–Crippen MR) is 136 cm³/mol. The lowest BCUT2D eigenvalue weighted by Gasteiger charge is -2.39. The molecular weight excluding hydrogens is 452 g/mol. The molecule has 2 heterocycles. The highest BCUT2D eigenvalue weighted by molar-refractivity contribution is 7.90. The van der Waals surface area contributed by atoms with E-state index in [2.05, 4.69) is 24.1 Å². The molecule has 0 bridgehead atoms. The monoisotopic (exact) mass is 494 g/mol. The third kappa shape index (κ3) is 6.43. The Morgan fingerprint density at radius 1 is 1.12 bits per heavy atom. The number of hydrogen-bond donors (Lipinski definition) is 1. The van der Waals surface area contributed by atoms with Gasteiger partial charge in [0.05, 0.1) is 18.7 Å². The summed E-state index contributed by atoms with van der Waals surface area (Å²) in [5.74, 6) is 0.328. The van der Waals surface area contributed by atoms with Crippen LogP contribution in [0.1, 0.15) is 59.3 Å². The van der Waals surface area contributed by atoms with Crippen LogP contribution >= 0.6 is 0 Å². The van der Waals surface area contributed by atoms with Crippen molar-refractivity contribution >= 4 is 21.8 Å². The number of carbonyl (C=O) groups is 1. The number of methoxy groups -OCH3 is 1. The Labute approximate surface area is 205 Å². The van der Waals surface area contributed by atoms with Crippen molar-refractivity contribution < 1.29 is 17.9 Å². The summed E-state index contributed by atoms with van der Waals surface area (Å²) in [5.41, 5.74) is 0.594. The summed E-state index contributed by atoms with van der Waals surface area (Å²) < 4.78 is 34.9. The standard InChI is InChI=1S/C25H42N4O4S/c1-5-29(23-12-14-24(33-4)15-13-23)34(31,32)27-17-7-11-22(19-27)25(30)26-16-8-18-28-20(2)9-6-10-21(28)3/h12-15,20-22H,5-11,16-19H2,1-4H3,(H,26,30)/t20-,21-,22-/m0/s1. The number of nitrogens with one attached hydrogen (secondary N) is 1. The number of ether oxygens (including phenoxy) is 1. The number of nitrogens with zero attached hydrogens (tertiary/aromatic N) is 3. The molecule has 0 unspecified atom stereocenters. The fraction of sp³-hybridized carbons (Fsp3) is 0.720. The lowest BCUT2D eigenvalue weighted by Crippen LogP contribution is -2.51. The maximum atomic E-state index is 13.4. The Morgan fingerprint density at radius 2 is 1.79 bits per heavy atom. The van der Waals surface area contributed by atoms with E-state index in [-0.39, 0.29) is 18.4 Å². The topological polar surface area (TPSA) is 82.2 Å². The number of anilines is 1. The average molecular weight is 495 g/mol. The zero-order chi connectivity index (χ0) is 24.7. The summed E-state index contributed by atoms with van der Waals surface area (Å²) in [6.45, 7) is 8.99. The van der Waals surface area contributed by atoms with Crippen molar-refractivity contribution in [1.29, 1.82) is 0 Å². The molecule has 192 valence electrons. The van der Waals surface area contributed by atoms with E-state index in [9.17, 15) is 13.2 Å². The van der Waals surface area contributed by atoms with Gasteiger partial charge < -0.3 is 10.1 Å². The number of amides is 1. The third-order valence-corrected chi connectivity index (χ3v) is 9.29. The first kappa shape index (κ1) is 26.8. The van der Waals surface area contributed by atoms with Gasteiger partial charge in [-0.05, 0) is 77.1 Å². The van der Waals surface area contributed by atoms with Crippen LogP contribution in [0.4, 0.5) is 5.69 Å². The van der Waals surface area contributed by atoms with E-state index in [1.54, 1.807) is 31.4 Å². The minimum absolute atomic E-state index is 0.0351. The second kappa shape index (κ2) is 12.2. The van der Waals surface area contributed by atoms with Gasteiger partial charge in [0.15, 0.2) is 0 Å². The van der Waals surface area contributed by atoms with E-state index in [4.69, 9.17) is 4.74 Å². The molecular formula is C25H42N4O4S. The molecule has 2 fully saturated rings. The number of benzene rings is 1. The molecule has 0 aliphatic carbocycles. The van der Waals surface area contributed by atoms with Gasteiger partial charge in [0.1, 0.15) is 5.75 Å². The quantitative estimate of drug-likeness (QED) is 0.505. The Bertz CT molecular complexity index is 883. The van der Waals surface area contributed by atoms with Crippen molar-refractivity contribution in [3.63, 3.8) is 0 Å². The molecule has 2 aliphatic rings. The molecule has 8 nitrogen and oxygen atoms in total. The Kier molecular flexibility index (Phi) is 9.62. The summed E-state index contributed by atoms with van der Waals surface area (Å²) in [6, 6.07) is 8.21. The van der Waals surface area contributed by atoms with Crippen molar-refractivity contribution in [2.75, 3.05) is 44.1 Å². The highest BCUT2D eigenvalue weighted by atomic mass is 32.2. The van der Waals surface area contributed by atoms with E-state index < -0.39 is 10.2 Å². The molecule has 0 radical (unpaired) electrons. The van der Waals surface area contributed by atoms with Crippen molar-refractivity contribution in [3.8, 4) is 5.75 Å². The third-order valence-electron chi connectivity index (χ3n) is 7.28. The van der Waals surface area contributed by atoms with Crippen LogP contribution in [0.3, 0.4) is 0 Å². The van der Waals surface area contributed by atoms with Crippen LogP contribution in [0.25, 0.3) is 0 Å². The molecule has 34 heavy (non-hydrogen) atoms. The summed E-state index contributed by atoms with van der Waals surface area (Å²) in [6.07, 6.45) is 6.09. The van der Waals surface area contributed by atoms with Crippen molar-refractivity contribution in [2.45, 2.75) is 71.4 Å². The number of likely N-dealkylation sites (tertiary alicyclic amines) is 1.